The fourth-order valence-electron chi connectivity index (χ4n) is 12.1. The molecule has 9 atom stereocenters. The second kappa shape index (κ2) is 6.55. The van der Waals surface area contributed by atoms with E-state index in [1.165, 1.54) is 70.6 Å². The van der Waals surface area contributed by atoms with Crippen molar-refractivity contribution in [2.45, 2.75) is 132 Å². The molecule has 5 fully saturated rings. The van der Waals surface area contributed by atoms with Crippen LogP contribution in [0.25, 0.3) is 0 Å². The van der Waals surface area contributed by atoms with Gasteiger partial charge in [0.15, 0.2) is 0 Å². The second-order valence-corrected chi connectivity index (χ2v) is 15.4. The van der Waals surface area contributed by atoms with Gasteiger partial charge in [0.25, 0.3) is 0 Å². The SMILES string of the molecule is CC(C)(O)[C@@H]1CC[C@]2(C)[C@H]3CC[C@@H]4[C@@]5(C)CCCC(C)(C)[C@@H]5CC[C@@]4(C)[C@]3(C)CC[C@@H]12. The molecular weight excluding hydrogens is 376 g/mol. The van der Waals surface area contributed by atoms with Gasteiger partial charge in [0.2, 0.25) is 0 Å². The van der Waals surface area contributed by atoms with E-state index in [1.54, 1.807) is 0 Å². The molecule has 0 unspecified atom stereocenters. The summed E-state index contributed by atoms with van der Waals surface area (Å²) in [4.78, 5) is 0. The van der Waals surface area contributed by atoms with Crippen molar-refractivity contribution in [2.75, 3.05) is 0 Å². The van der Waals surface area contributed by atoms with E-state index in [9.17, 15) is 5.11 Å². The van der Waals surface area contributed by atoms with Gasteiger partial charge in [0.1, 0.15) is 0 Å². The number of hydrogen-bond acceptors (Lipinski definition) is 1. The van der Waals surface area contributed by atoms with Crippen LogP contribution in [0.3, 0.4) is 0 Å². The largest absolute Gasteiger partial charge is 0.390 e. The first-order valence-corrected chi connectivity index (χ1v) is 13.9. The molecule has 5 saturated carbocycles. The van der Waals surface area contributed by atoms with Crippen molar-refractivity contribution >= 4 is 0 Å². The lowest BCUT2D eigenvalue weighted by Gasteiger charge is -2.73. The monoisotopic (exact) mass is 428 g/mol. The first-order chi connectivity index (χ1) is 14.2. The van der Waals surface area contributed by atoms with E-state index >= 15 is 0 Å². The third kappa shape index (κ3) is 2.77. The van der Waals surface area contributed by atoms with Crippen LogP contribution in [0.15, 0.2) is 0 Å². The summed E-state index contributed by atoms with van der Waals surface area (Å²) in [6.45, 7) is 20.3. The molecule has 0 aliphatic heterocycles. The van der Waals surface area contributed by atoms with E-state index in [-0.39, 0.29) is 0 Å². The van der Waals surface area contributed by atoms with E-state index in [2.05, 4.69) is 55.4 Å². The fraction of sp³-hybridized carbons (Fsp3) is 1.00. The predicted molar refractivity (Wildman–Crippen MR) is 131 cm³/mol. The Kier molecular flexibility index (Phi) is 4.80. The molecule has 0 heterocycles. The van der Waals surface area contributed by atoms with Crippen LogP contribution >= 0.6 is 0 Å². The fourth-order valence-corrected chi connectivity index (χ4v) is 12.1. The van der Waals surface area contributed by atoms with Crippen molar-refractivity contribution in [3.05, 3.63) is 0 Å². The van der Waals surface area contributed by atoms with Crippen molar-refractivity contribution in [3.8, 4) is 0 Å². The first-order valence-electron chi connectivity index (χ1n) is 13.9. The highest BCUT2D eigenvalue weighted by atomic mass is 16.3. The van der Waals surface area contributed by atoms with Gasteiger partial charge >= 0.3 is 0 Å². The molecule has 5 aliphatic rings. The van der Waals surface area contributed by atoms with Crippen LogP contribution in [0.2, 0.25) is 0 Å². The average Bonchev–Trinajstić information content (AvgIpc) is 2.99. The van der Waals surface area contributed by atoms with E-state index in [0.29, 0.717) is 33.0 Å². The zero-order chi connectivity index (χ0) is 22.7. The van der Waals surface area contributed by atoms with Crippen LogP contribution < -0.4 is 0 Å². The maximum absolute atomic E-state index is 11.0. The van der Waals surface area contributed by atoms with E-state index in [0.717, 1.165) is 23.7 Å². The Morgan fingerprint density at radius 3 is 1.81 bits per heavy atom. The molecule has 178 valence electrons. The number of aliphatic hydroxyl groups is 1. The number of rotatable bonds is 1. The summed E-state index contributed by atoms with van der Waals surface area (Å²) < 4.78 is 0. The highest BCUT2D eigenvalue weighted by molar-refractivity contribution is 5.19. The molecular formula is C30H52O. The third-order valence-corrected chi connectivity index (χ3v) is 13.6. The van der Waals surface area contributed by atoms with Gasteiger partial charge in [-0.2, -0.15) is 0 Å². The third-order valence-electron chi connectivity index (χ3n) is 13.6. The van der Waals surface area contributed by atoms with Crippen molar-refractivity contribution in [1.82, 2.24) is 0 Å². The van der Waals surface area contributed by atoms with Gasteiger partial charge in [-0.05, 0) is 135 Å². The maximum atomic E-state index is 11.0. The summed E-state index contributed by atoms with van der Waals surface area (Å²) in [5.41, 5.74) is 1.97. The molecule has 31 heavy (non-hydrogen) atoms. The van der Waals surface area contributed by atoms with Crippen molar-refractivity contribution in [3.63, 3.8) is 0 Å². The molecule has 0 amide bonds. The Morgan fingerprint density at radius 2 is 1.19 bits per heavy atom. The predicted octanol–water partition coefficient (Wildman–Crippen LogP) is 8.25. The number of hydrogen-bond donors (Lipinski definition) is 1. The molecule has 0 aromatic carbocycles. The second-order valence-electron chi connectivity index (χ2n) is 15.4. The standard InChI is InChI=1S/C30H52O/c1-25(2)15-9-16-28(6)22(25)14-19-30(8)24(28)11-10-23-27(5)17-12-20(26(3,4)31)21(27)13-18-29(23,30)7/h20-24,31H,9-19H2,1-8H3/t20-,21+,22+,23-,24-,27+,28+,29-,30-/m1/s1. The molecule has 1 heteroatoms. The maximum Gasteiger partial charge on any atom is 0.0622 e. The summed E-state index contributed by atoms with van der Waals surface area (Å²) in [7, 11) is 0. The van der Waals surface area contributed by atoms with E-state index < -0.39 is 5.60 Å². The van der Waals surface area contributed by atoms with Crippen LogP contribution in [0.5, 0.6) is 0 Å². The quantitative estimate of drug-likeness (QED) is 0.445. The molecule has 0 spiro atoms. The van der Waals surface area contributed by atoms with Gasteiger partial charge in [0.05, 0.1) is 5.60 Å². The molecule has 1 N–H and O–H groups in total. The van der Waals surface area contributed by atoms with Gasteiger partial charge in [-0.1, -0.05) is 48.0 Å². The van der Waals surface area contributed by atoms with Gasteiger partial charge in [-0.25, -0.2) is 0 Å². The summed E-state index contributed by atoms with van der Waals surface area (Å²) in [6.07, 6.45) is 15.5. The zero-order valence-electron chi connectivity index (χ0n) is 22.1. The first kappa shape index (κ1) is 22.7. The van der Waals surface area contributed by atoms with Crippen molar-refractivity contribution in [2.24, 2.45) is 56.7 Å². The highest BCUT2D eigenvalue weighted by Gasteiger charge is 2.70. The molecule has 0 saturated heterocycles. The van der Waals surface area contributed by atoms with E-state index in [1.807, 2.05) is 0 Å². The minimum absolute atomic E-state index is 0.440. The Bertz CT molecular complexity index is 731. The van der Waals surface area contributed by atoms with Crippen molar-refractivity contribution < 1.29 is 5.11 Å². The topological polar surface area (TPSA) is 20.2 Å². The molecule has 0 aromatic rings. The van der Waals surface area contributed by atoms with Crippen LogP contribution in [0.4, 0.5) is 0 Å². The minimum atomic E-state index is -0.517. The van der Waals surface area contributed by atoms with Crippen LogP contribution in [0, 0.1) is 56.7 Å². The van der Waals surface area contributed by atoms with E-state index in [4.69, 9.17) is 0 Å². The van der Waals surface area contributed by atoms with Crippen molar-refractivity contribution in [1.29, 1.82) is 0 Å². The average molecular weight is 429 g/mol. The highest BCUT2D eigenvalue weighted by Crippen LogP contribution is 2.78. The molecule has 0 bridgehead atoms. The Morgan fingerprint density at radius 1 is 0.613 bits per heavy atom. The van der Waals surface area contributed by atoms with Gasteiger partial charge in [-0.15, -0.1) is 0 Å². The zero-order valence-corrected chi connectivity index (χ0v) is 22.1. The lowest BCUT2D eigenvalue weighted by Crippen LogP contribution is -2.66. The summed E-state index contributed by atoms with van der Waals surface area (Å²) in [5.74, 6) is 3.91. The smallest absolute Gasteiger partial charge is 0.0622 e. The summed E-state index contributed by atoms with van der Waals surface area (Å²) >= 11 is 0. The Hall–Kier alpha value is -0.0400. The molecule has 5 rings (SSSR count). The van der Waals surface area contributed by atoms with Crippen LogP contribution in [-0.2, 0) is 0 Å². The molecule has 1 nitrogen and oxygen atoms in total. The van der Waals surface area contributed by atoms with Gasteiger partial charge < -0.3 is 5.11 Å². The lowest BCUT2D eigenvalue weighted by molar-refractivity contribution is -0.243. The molecule has 5 aliphatic carbocycles. The van der Waals surface area contributed by atoms with Gasteiger partial charge in [-0.3, -0.25) is 0 Å². The normalized spacial score (nSPS) is 56.2. The number of fused-ring (bicyclic) bond motifs is 7. The lowest BCUT2D eigenvalue weighted by atomic mass is 9.32. The molecule has 0 aromatic heterocycles. The van der Waals surface area contributed by atoms with Crippen LogP contribution in [0.1, 0.15) is 126 Å². The summed E-state index contributed by atoms with van der Waals surface area (Å²) in [5, 5.41) is 11.0. The Labute approximate surface area is 193 Å². The minimum Gasteiger partial charge on any atom is -0.390 e. The van der Waals surface area contributed by atoms with Crippen LogP contribution in [-0.4, -0.2) is 10.7 Å². The molecule has 0 radical (unpaired) electrons. The summed E-state index contributed by atoms with van der Waals surface area (Å²) in [6, 6.07) is 0. The Balaban J connectivity index is 1.52. The van der Waals surface area contributed by atoms with Gasteiger partial charge in [0, 0.05) is 0 Å².